The van der Waals surface area contributed by atoms with E-state index in [1.807, 2.05) is 24.3 Å². The second-order valence-electron chi connectivity index (χ2n) is 4.82. The van der Waals surface area contributed by atoms with Gasteiger partial charge in [0, 0.05) is 24.7 Å². The Hall–Kier alpha value is -1.55. The highest BCUT2D eigenvalue weighted by Crippen LogP contribution is 2.18. The Bertz CT molecular complexity index is 402. The van der Waals surface area contributed by atoms with E-state index in [9.17, 15) is 4.79 Å². The number of anilines is 1. The molecule has 1 amide bonds. The third-order valence-electron chi connectivity index (χ3n) is 3.07. The van der Waals surface area contributed by atoms with Gasteiger partial charge in [0.1, 0.15) is 0 Å². The number of rotatable bonds is 7. The van der Waals surface area contributed by atoms with Gasteiger partial charge in [0.05, 0.1) is 0 Å². The lowest BCUT2D eigenvalue weighted by molar-refractivity contribution is -0.121. The molecule has 0 aliphatic heterocycles. The van der Waals surface area contributed by atoms with E-state index in [0.29, 0.717) is 12.5 Å². The van der Waals surface area contributed by atoms with Crippen LogP contribution in [0.4, 0.5) is 5.69 Å². The molecule has 0 unspecified atom stereocenters. The van der Waals surface area contributed by atoms with E-state index in [1.165, 1.54) is 0 Å². The second kappa shape index (κ2) is 6.40. The number of nitrogens with two attached hydrogens (primary N) is 1. The minimum atomic E-state index is 0.179. The van der Waals surface area contributed by atoms with Crippen molar-refractivity contribution in [1.82, 2.24) is 10.6 Å². The van der Waals surface area contributed by atoms with Crippen molar-refractivity contribution in [2.24, 2.45) is 0 Å². The number of hydrogen-bond acceptors (Lipinski definition) is 3. The maximum atomic E-state index is 11.4. The van der Waals surface area contributed by atoms with Crippen LogP contribution < -0.4 is 16.4 Å². The van der Waals surface area contributed by atoms with Crippen LogP contribution >= 0.6 is 0 Å². The predicted octanol–water partition coefficient (Wildman–Crippen LogP) is 1.42. The fourth-order valence-electron chi connectivity index (χ4n) is 1.82. The lowest BCUT2D eigenvalue weighted by Gasteiger charge is -2.07. The van der Waals surface area contributed by atoms with Gasteiger partial charge in [0.2, 0.25) is 5.91 Å². The molecular formula is C14H21N3O. The molecule has 1 aromatic rings. The molecule has 0 aromatic heterocycles. The average molecular weight is 247 g/mol. The standard InChI is InChI=1S/C14H21N3O/c15-13-5-2-1-4-11(13)10-16-9-3-6-14(18)17-12-7-8-12/h1-2,4-5,12,16H,3,6-10,15H2,(H,17,18). The molecule has 98 valence electrons. The van der Waals surface area contributed by atoms with Crippen LogP contribution in [0.5, 0.6) is 0 Å². The van der Waals surface area contributed by atoms with Gasteiger partial charge in [-0.1, -0.05) is 18.2 Å². The number of hydrogen-bond donors (Lipinski definition) is 3. The lowest BCUT2D eigenvalue weighted by atomic mass is 10.2. The Labute approximate surface area is 108 Å². The van der Waals surface area contributed by atoms with Crippen molar-refractivity contribution in [2.45, 2.75) is 38.3 Å². The zero-order valence-corrected chi connectivity index (χ0v) is 10.6. The van der Waals surface area contributed by atoms with E-state index in [0.717, 1.165) is 43.6 Å². The Kier molecular flexibility index (Phi) is 4.59. The quantitative estimate of drug-likeness (QED) is 0.504. The van der Waals surface area contributed by atoms with E-state index in [4.69, 9.17) is 5.73 Å². The molecule has 4 nitrogen and oxygen atoms in total. The fraction of sp³-hybridized carbons (Fsp3) is 0.500. The molecule has 0 spiro atoms. The topological polar surface area (TPSA) is 67.1 Å². The van der Waals surface area contributed by atoms with Gasteiger partial charge < -0.3 is 16.4 Å². The molecule has 4 N–H and O–H groups in total. The molecule has 1 aliphatic carbocycles. The number of carbonyl (C=O) groups is 1. The summed E-state index contributed by atoms with van der Waals surface area (Å²) >= 11 is 0. The third kappa shape index (κ3) is 4.37. The van der Waals surface area contributed by atoms with E-state index in [1.54, 1.807) is 0 Å². The van der Waals surface area contributed by atoms with Gasteiger partial charge >= 0.3 is 0 Å². The SMILES string of the molecule is Nc1ccccc1CNCCCC(=O)NC1CC1. The van der Waals surface area contributed by atoms with Crippen molar-refractivity contribution in [3.8, 4) is 0 Å². The molecule has 0 radical (unpaired) electrons. The van der Waals surface area contributed by atoms with E-state index in [-0.39, 0.29) is 5.91 Å². The van der Waals surface area contributed by atoms with Crippen LogP contribution in [0.25, 0.3) is 0 Å². The summed E-state index contributed by atoms with van der Waals surface area (Å²) in [5, 5.41) is 6.29. The predicted molar refractivity (Wildman–Crippen MR) is 73.0 cm³/mol. The molecule has 2 rings (SSSR count). The summed E-state index contributed by atoms with van der Waals surface area (Å²) < 4.78 is 0. The Morgan fingerprint density at radius 2 is 2.11 bits per heavy atom. The van der Waals surface area contributed by atoms with Crippen molar-refractivity contribution in [1.29, 1.82) is 0 Å². The minimum Gasteiger partial charge on any atom is -0.398 e. The molecule has 0 heterocycles. The average Bonchev–Trinajstić information content (AvgIpc) is 3.15. The van der Waals surface area contributed by atoms with Crippen LogP contribution in [0.15, 0.2) is 24.3 Å². The maximum absolute atomic E-state index is 11.4. The smallest absolute Gasteiger partial charge is 0.220 e. The Morgan fingerprint density at radius 1 is 1.33 bits per heavy atom. The minimum absolute atomic E-state index is 0.179. The summed E-state index contributed by atoms with van der Waals surface area (Å²) in [6, 6.07) is 8.30. The van der Waals surface area contributed by atoms with Gasteiger partial charge in [-0.05, 0) is 37.4 Å². The summed E-state index contributed by atoms with van der Waals surface area (Å²) in [4.78, 5) is 11.4. The summed E-state index contributed by atoms with van der Waals surface area (Å²) in [5.74, 6) is 0.179. The first-order valence-electron chi connectivity index (χ1n) is 6.59. The zero-order valence-electron chi connectivity index (χ0n) is 10.6. The third-order valence-corrected chi connectivity index (χ3v) is 3.07. The van der Waals surface area contributed by atoms with Crippen molar-refractivity contribution >= 4 is 11.6 Å². The molecule has 18 heavy (non-hydrogen) atoms. The van der Waals surface area contributed by atoms with Gasteiger partial charge in [-0.15, -0.1) is 0 Å². The van der Waals surface area contributed by atoms with Crippen LogP contribution in [-0.2, 0) is 11.3 Å². The van der Waals surface area contributed by atoms with Crippen molar-refractivity contribution < 1.29 is 4.79 Å². The molecule has 0 bridgehead atoms. The van der Waals surface area contributed by atoms with Gasteiger partial charge in [-0.2, -0.15) is 0 Å². The van der Waals surface area contributed by atoms with Crippen LogP contribution in [0.1, 0.15) is 31.2 Å². The van der Waals surface area contributed by atoms with Crippen LogP contribution in [-0.4, -0.2) is 18.5 Å². The van der Waals surface area contributed by atoms with E-state index >= 15 is 0 Å². The summed E-state index contributed by atoms with van der Waals surface area (Å²) in [7, 11) is 0. The molecular weight excluding hydrogens is 226 g/mol. The first-order chi connectivity index (χ1) is 8.75. The highest BCUT2D eigenvalue weighted by atomic mass is 16.1. The highest BCUT2D eigenvalue weighted by Gasteiger charge is 2.22. The number of nitrogen functional groups attached to an aromatic ring is 1. The lowest BCUT2D eigenvalue weighted by Crippen LogP contribution is -2.26. The first-order valence-corrected chi connectivity index (χ1v) is 6.59. The molecule has 0 saturated heterocycles. The zero-order chi connectivity index (χ0) is 12.8. The number of para-hydroxylation sites is 1. The molecule has 1 aromatic carbocycles. The largest absolute Gasteiger partial charge is 0.398 e. The molecule has 1 fully saturated rings. The molecule has 4 heteroatoms. The Morgan fingerprint density at radius 3 is 2.83 bits per heavy atom. The fourth-order valence-corrected chi connectivity index (χ4v) is 1.82. The molecule has 1 saturated carbocycles. The van der Waals surface area contributed by atoms with Crippen molar-refractivity contribution in [3.05, 3.63) is 29.8 Å². The van der Waals surface area contributed by atoms with Crippen molar-refractivity contribution in [2.75, 3.05) is 12.3 Å². The monoisotopic (exact) mass is 247 g/mol. The highest BCUT2D eigenvalue weighted by molar-refractivity contribution is 5.76. The molecule has 0 atom stereocenters. The summed E-state index contributed by atoms with van der Waals surface area (Å²) in [6.45, 7) is 1.60. The second-order valence-corrected chi connectivity index (χ2v) is 4.82. The maximum Gasteiger partial charge on any atom is 0.220 e. The van der Waals surface area contributed by atoms with E-state index < -0.39 is 0 Å². The van der Waals surface area contributed by atoms with Gasteiger partial charge in [0.15, 0.2) is 0 Å². The van der Waals surface area contributed by atoms with Gasteiger partial charge in [0.25, 0.3) is 0 Å². The van der Waals surface area contributed by atoms with Crippen molar-refractivity contribution in [3.63, 3.8) is 0 Å². The van der Waals surface area contributed by atoms with Crippen LogP contribution in [0, 0.1) is 0 Å². The number of benzene rings is 1. The summed E-state index contributed by atoms with van der Waals surface area (Å²) in [6.07, 6.45) is 3.77. The number of nitrogens with one attached hydrogen (secondary N) is 2. The van der Waals surface area contributed by atoms with Gasteiger partial charge in [-0.3, -0.25) is 4.79 Å². The van der Waals surface area contributed by atoms with Gasteiger partial charge in [-0.25, -0.2) is 0 Å². The number of carbonyl (C=O) groups excluding carboxylic acids is 1. The van der Waals surface area contributed by atoms with Crippen LogP contribution in [0.3, 0.4) is 0 Å². The van der Waals surface area contributed by atoms with E-state index in [2.05, 4.69) is 10.6 Å². The normalized spacial score (nSPS) is 14.4. The van der Waals surface area contributed by atoms with Crippen LogP contribution in [0.2, 0.25) is 0 Å². The molecule has 1 aliphatic rings. The summed E-state index contributed by atoms with van der Waals surface area (Å²) in [5.41, 5.74) is 7.77. The number of amides is 1. The first kappa shape index (κ1) is 12.9. The Balaban J connectivity index is 1.55.